The van der Waals surface area contributed by atoms with E-state index in [0.717, 1.165) is 17.0 Å². The molecule has 0 aliphatic heterocycles. The van der Waals surface area contributed by atoms with E-state index in [1.54, 1.807) is 10.9 Å². The van der Waals surface area contributed by atoms with Crippen LogP contribution in [0.3, 0.4) is 0 Å². The van der Waals surface area contributed by atoms with E-state index < -0.39 is 0 Å². The van der Waals surface area contributed by atoms with Crippen LogP contribution in [0.5, 0.6) is 0 Å². The summed E-state index contributed by atoms with van der Waals surface area (Å²) in [5.41, 5.74) is 5.80. The van der Waals surface area contributed by atoms with Crippen molar-refractivity contribution in [1.29, 1.82) is 0 Å². The molecule has 0 aliphatic rings. The second-order valence-corrected chi connectivity index (χ2v) is 3.88. The standard InChI is InChI=1S/C10H16N6/c1-7-4-9(16(3)14-7)10(13-11)8-5-12-15(2)6-8/h4-6,10,13H,11H2,1-3H3. The van der Waals surface area contributed by atoms with Crippen molar-refractivity contribution in [2.24, 2.45) is 19.9 Å². The Bertz CT molecular complexity index is 483. The van der Waals surface area contributed by atoms with Crippen LogP contribution in [0.4, 0.5) is 0 Å². The van der Waals surface area contributed by atoms with Gasteiger partial charge in [-0.1, -0.05) is 0 Å². The van der Waals surface area contributed by atoms with Crippen molar-refractivity contribution in [3.8, 4) is 0 Å². The minimum Gasteiger partial charge on any atom is -0.275 e. The first-order valence-corrected chi connectivity index (χ1v) is 5.07. The van der Waals surface area contributed by atoms with E-state index in [2.05, 4.69) is 15.6 Å². The topological polar surface area (TPSA) is 73.7 Å². The molecule has 2 aromatic rings. The Morgan fingerprint density at radius 1 is 1.44 bits per heavy atom. The highest BCUT2D eigenvalue weighted by Gasteiger charge is 2.18. The average Bonchev–Trinajstić information content (AvgIpc) is 2.76. The van der Waals surface area contributed by atoms with E-state index in [9.17, 15) is 0 Å². The van der Waals surface area contributed by atoms with E-state index in [-0.39, 0.29) is 6.04 Å². The fourth-order valence-electron chi connectivity index (χ4n) is 1.84. The highest BCUT2D eigenvalue weighted by atomic mass is 15.3. The number of nitrogens with zero attached hydrogens (tertiary/aromatic N) is 4. The number of hydrogen-bond donors (Lipinski definition) is 2. The second-order valence-electron chi connectivity index (χ2n) is 3.88. The first-order valence-electron chi connectivity index (χ1n) is 5.07. The van der Waals surface area contributed by atoms with Gasteiger partial charge in [0.1, 0.15) is 0 Å². The fraction of sp³-hybridized carbons (Fsp3) is 0.400. The summed E-state index contributed by atoms with van der Waals surface area (Å²) in [5, 5.41) is 8.45. The van der Waals surface area contributed by atoms with Crippen molar-refractivity contribution in [1.82, 2.24) is 25.0 Å². The predicted octanol–water partition coefficient (Wildman–Crippen LogP) is 0.0147. The van der Waals surface area contributed by atoms with Gasteiger partial charge in [0.15, 0.2) is 0 Å². The van der Waals surface area contributed by atoms with Gasteiger partial charge in [-0.15, -0.1) is 0 Å². The normalized spacial score (nSPS) is 13.0. The molecule has 6 heteroatoms. The van der Waals surface area contributed by atoms with Crippen molar-refractivity contribution in [2.75, 3.05) is 0 Å². The molecule has 16 heavy (non-hydrogen) atoms. The minimum absolute atomic E-state index is 0.0834. The Labute approximate surface area is 94.0 Å². The highest BCUT2D eigenvalue weighted by molar-refractivity contribution is 5.25. The van der Waals surface area contributed by atoms with E-state index in [4.69, 9.17) is 5.84 Å². The van der Waals surface area contributed by atoms with E-state index in [1.807, 2.05) is 38.0 Å². The van der Waals surface area contributed by atoms with Gasteiger partial charge in [-0.2, -0.15) is 10.2 Å². The van der Waals surface area contributed by atoms with Crippen LogP contribution in [0, 0.1) is 6.92 Å². The molecule has 2 aromatic heterocycles. The molecule has 2 heterocycles. The fourth-order valence-corrected chi connectivity index (χ4v) is 1.84. The Morgan fingerprint density at radius 2 is 2.19 bits per heavy atom. The predicted molar refractivity (Wildman–Crippen MR) is 60.3 cm³/mol. The molecule has 0 aromatic carbocycles. The van der Waals surface area contributed by atoms with Gasteiger partial charge in [0.05, 0.1) is 23.6 Å². The molecule has 1 atom stereocenters. The summed E-state index contributed by atoms with van der Waals surface area (Å²) in [6.07, 6.45) is 3.74. The minimum atomic E-state index is -0.0834. The summed E-state index contributed by atoms with van der Waals surface area (Å²) < 4.78 is 3.58. The number of nitrogens with two attached hydrogens (primary N) is 1. The first kappa shape index (κ1) is 10.8. The van der Waals surface area contributed by atoms with Crippen LogP contribution < -0.4 is 11.3 Å². The number of aryl methyl sites for hydroxylation is 3. The second kappa shape index (κ2) is 4.07. The van der Waals surface area contributed by atoms with E-state index >= 15 is 0 Å². The quantitative estimate of drug-likeness (QED) is 0.564. The molecule has 0 saturated heterocycles. The van der Waals surface area contributed by atoms with Gasteiger partial charge in [0, 0.05) is 25.9 Å². The average molecular weight is 220 g/mol. The van der Waals surface area contributed by atoms with Crippen LogP contribution in [0.1, 0.15) is 23.0 Å². The zero-order valence-electron chi connectivity index (χ0n) is 9.68. The van der Waals surface area contributed by atoms with Gasteiger partial charge in [-0.05, 0) is 13.0 Å². The summed E-state index contributed by atoms with van der Waals surface area (Å²) in [6.45, 7) is 1.96. The van der Waals surface area contributed by atoms with Crippen LogP contribution in [-0.2, 0) is 14.1 Å². The molecule has 0 spiro atoms. The SMILES string of the molecule is Cc1cc(C(NN)c2cnn(C)c2)n(C)n1. The van der Waals surface area contributed by atoms with Gasteiger partial charge in [0.2, 0.25) is 0 Å². The smallest absolute Gasteiger partial charge is 0.0908 e. The lowest BCUT2D eigenvalue weighted by Crippen LogP contribution is -2.30. The molecule has 0 radical (unpaired) electrons. The van der Waals surface area contributed by atoms with Gasteiger partial charge >= 0.3 is 0 Å². The Balaban J connectivity index is 2.40. The first-order chi connectivity index (χ1) is 7.61. The van der Waals surface area contributed by atoms with Crippen LogP contribution in [-0.4, -0.2) is 19.6 Å². The molecular weight excluding hydrogens is 204 g/mol. The summed E-state index contributed by atoms with van der Waals surface area (Å²) in [6, 6.07) is 1.93. The molecule has 3 N–H and O–H groups in total. The molecule has 0 saturated carbocycles. The zero-order chi connectivity index (χ0) is 11.7. The number of rotatable bonds is 3. The molecule has 86 valence electrons. The van der Waals surface area contributed by atoms with Crippen molar-refractivity contribution in [2.45, 2.75) is 13.0 Å². The number of aromatic nitrogens is 4. The maximum atomic E-state index is 5.60. The molecule has 0 aliphatic carbocycles. The Hall–Kier alpha value is -1.66. The van der Waals surface area contributed by atoms with Crippen LogP contribution in [0.25, 0.3) is 0 Å². The van der Waals surface area contributed by atoms with Crippen LogP contribution in [0.2, 0.25) is 0 Å². The van der Waals surface area contributed by atoms with Crippen LogP contribution >= 0.6 is 0 Å². The number of hydrogen-bond acceptors (Lipinski definition) is 4. The third-order valence-electron chi connectivity index (χ3n) is 2.56. The van der Waals surface area contributed by atoms with E-state index in [1.165, 1.54) is 0 Å². The van der Waals surface area contributed by atoms with Crippen LogP contribution in [0.15, 0.2) is 18.5 Å². The van der Waals surface area contributed by atoms with Gasteiger partial charge in [0.25, 0.3) is 0 Å². The van der Waals surface area contributed by atoms with E-state index in [0.29, 0.717) is 0 Å². The Kier molecular flexibility index (Phi) is 2.76. The number of hydrazine groups is 1. The maximum absolute atomic E-state index is 5.60. The lowest BCUT2D eigenvalue weighted by molar-refractivity contribution is 0.574. The van der Waals surface area contributed by atoms with Crippen molar-refractivity contribution < 1.29 is 0 Å². The third kappa shape index (κ3) is 1.84. The molecule has 2 rings (SSSR count). The molecule has 6 nitrogen and oxygen atoms in total. The summed E-state index contributed by atoms with van der Waals surface area (Å²) >= 11 is 0. The van der Waals surface area contributed by atoms with Gasteiger partial charge in [-0.3, -0.25) is 15.2 Å². The lowest BCUT2D eigenvalue weighted by Gasteiger charge is -2.14. The van der Waals surface area contributed by atoms with Crippen molar-refractivity contribution in [3.63, 3.8) is 0 Å². The van der Waals surface area contributed by atoms with Crippen molar-refractivity contribution >= 4 is 0 Å². The Morgan fingerprint density at radius 3 is 2.62 bits per heavy atom. The third-order valence-corrected chi connectivity index (χ3v) is 2.56. The number of nitrogens with one attached hydrogen (secondary N) is 1. The molecule has 0 bridgehead atoms. The lowest BCUT2D eigenvalue weighted by atomic mass is 10.1. The largest absolute Gasteiger partial charge is 0.275 e. The molecule has 1 unspecified atom stereocenters. The maximum Gasteiger partial charge on any atom is 0.0908 e. The monoisotopic (exact) mass is 220 g/mol. The highest BCUT2D eigenvalue weighted by Crippen LogP contribution is 2.20. The molecular formula is C10H16N6. The van der Waals surface area contributed by atoms with Crippen molar-refractivity contribution in [3.05, 3.63) is 35.4 Å². The molecule has 0 amide bonds. The summed E-state index contributed by atoms with van der Waals surface area (Å²) in [5.74, 6) is 5.60. The summed E-state index contributed by atoms with van der Waals surface area (Å²) in [7, 11) is 3.79. The zero-order valence-corrected chi connectivity index (χ0v) is 9.68. The molecule has 0 fully saturated rings. The van der Waals surface area contributed by atoms with Gasteiger partial charge < -0.3 is 0 Å². The summed E-state index contributed by atoms with van der Waals surface area (Å²) in [4.78, 5) is 0. The van der Waals surface area contributed by atoms with Gasteiger partial charge in [-0.25, -0.2) is 5.43 Å².